The summed E-state index contributed by atoms with van der Waals surface area (Å²) in [5, 5.41) is 2.82. The summed E-state index contributed by atoms with van der Waals surface area (Å²) in [6, 6.07) is 14.6. The van der Waals surface area contributed by atoms with E-state index in [0.717, 1.165) is 12.0 Å². The molecule has 2 aromatic rings. The van der Waals surface area contributed by atoms with Crippen LogP contribution in [0.15, 0.2) is 48.5 Å². The molecule has 0 spiro atoms. The second-order valence-corrected chi connectivity index (χ2v) is 4.84. The van der Waals surface area contributed by atoms with Crippen LogP contribution in [0.1, 0.15) is 28.4 Å². The number of anilines is 1. The van der Waals surface area contributed by atoms with Gasteiger partial charge in [0.2, 0.25) is 5.91 Å². The normalized spacial score (nSPS) is 10.1. The number of hydrogen-bond acceptors (Lipinski definition) is 2. The van der Waals surface area contributed by atoms with Crippen LogP contribution in [-0.2, 0) is 17.6 Å². The van der Waals surface area contributed by atoms with E-state index in [2.05, 4.69) is 12.2 Å². The molecule has 0 atom stereocenters. The molecule has 21 heavy (non-hydrogen) atoms. The maximum absolute atomic E-state index is 12.1. The number of carbonyl (C=O) groups excluding carboxylic acids is 2. The summed E-state index contributed by atoms with van der Waals surface area (Å²) in [4.78, 5) is 22.9. The molecule has 0 saturated heterocycles. The highest BCUT2D eigenvalue weighted by Crippen LogP contribution is 2.12. The van der Waals surface area contributed by atoms with Crippen molar-refractivity contribution >= 4 is 17.5 Å². The monoisotopic (exact) mass is 282 g/mol. The van der Waals surface area contributed by atoms with Crippen molar-refractivity contribution in [3.05, 3.63) is 65.2 Å². The molecule has 0 aromatic heterocycles. The van der Waals surface area contributed by atoms with E-state index in [0.29, 0.717) is 11.3 Å². The number of nitrogens with two attached hydrogens (primary N) is 1. The van der Waals surface area contributed by atoms with Crippen LogP contribution >= 0.6 is 0 Å². The van der Waals surface area contributed by atoms with Crippen LogP contribution in [0.25, 0.3) is 0 Å². The lowest BCUT2D eigenvalue weighted by molar-refractivity contribution is -0.117. The fraction of sp³-hybridized carbons (Fsp3) is 0.176. The van der Waals surface area contributed by atoms with Crippen molar-refractivity contribution in [3.8, 4) is 0 Å². The third-order valence-electron chi connectivity index (χ3n) is 3.21. The van der Waals surface area contributed by atoms with Crippen LogP contribution in [0.4, 0.5) is 5.69 Å². The van der Waals surface area contributed by atoms with E-state index < -0.39 is 0 Å². The molecular formula is C17H18N2O2. The Morgan fingerprint density at radius 2 is 1.52 bits per heavy atom. The average Bonchev–Trinajstić information content (AvgIpc) is 2.49. The summed E-state index contributed by atoms with van der Waals surface area (Å²) in [7, 11) is 0. The van der Waals surface area contributed by atoms with Gasteiger partial charge in [-0.05, 0) is 41.8 Å². The van der Waals surface area contributed by atoms with Crippen molar-refractivity contribution in [3.63, 3.8) is 0 Å². The first kappa shape index (κ1) is 14.8. The number of rotatable bonds is 5. The summed E-state index contributed by atoms with van der Waals surface area (Å²) < 4.78 is 0. The zero-order chi connectivity index (χ0) is 15.2. The number of benzene rings is 2. The van der Waals surface area contributed by atoms with Crippen molar-refractivity contribution in [1.29, 1.82) is 0 Å². The van der Waals surface area contributed by atoms with Crippen LogP contribution in [-0.4, -0.2) is 11.8 Å². The Labute approximate surface area is 124 Å². The predicted molar refractivity (Wildman–Crippen MR) is 83.1 cm³/mol. The van der Waals surface area contributed by atoms with Crippen molar-refractivity contribution in [2.45, 2.75) is 19.8 Å². The van der Waals surface area contributed by atoms with Gasteiger partial charge >= 0.3 is 0 Å². The van der Waals surface area contributed by atoms with E-state index in [-0.39, 0.29) is 18.2 Å². The van der Waals surface area contributed by atoms with E-state index in [1.807, 2.05) is 24.3 Å². The highest BCUT2D eigenvalue weighted by Gasteiger charge is 2.06. The summed E-state index contributed by atoms with van der Waals surface area (Å²) in [5.74, 6) is -0.525. The maximum atomic E-state index is 12.1. The second-order valence-electron chi connectivity index (χ2n) is 4.84. The Bertz CT molecular complexity index is 631. The first-order chi connectivity index (χ1) is 10.1. The van der Waals surface area contributed by atoms with Crippen LogP contribution < -0.4 is 11.1 Å². The van der Waals surface area contributed by atoms with Gasteiger partial charge < -0.3 is 11.1 Å². The maximum Gasteiger partial charge on any atom is 0.255 e. The molecule has 0 aliphatic carbocycles. The van der Waals surface area contributed by atoms with Crippen molar-refractivity contribution in [2.24, 2.45) is 5.73 Å². The van der Waals surface area contributed by atoms with Crippen LogP contribution in [0.5, 0.6) is 0 Å². The highest BCUT2D eigenvalue weighted by atomic mass is 16.2. The summed E-state index contributed by atoms with van der Waals surface area (Å²) in [6.07, 6.45) is 1.15. The number of carbonyl (C=O) groups is 2. The smallest absolute Gasteiger partial charge is 0.255 e. The Kier molecular flexibility index (Phi) is 4.72. The van der Waals surface area contributed by atoms with E-state index in [1.165, 1.54) is 5.56 Å². The molecule has 0 aliphatic rings. The minimum absolute atomic E-state index is 0.152. The van der Waals surface area contributed by atoms with Gasteiger partial charge in [-0.15, -0.1) is 0 Å². The molecule has 4 heteroatoms. The van der Waals surface area contributed by atoms with Gasteiger partial charge in [0.05, 0.1) is 6.42 Å². The zero-order valence-electron chi connectivity index (χ0n) is 11.9. The molecule has 108 valence electrons. The Hall–Kier alpha value is -2.62. The molecule has 3 N–H and O–H groups in total. The lowest BCUT2D eigenvalue weighted by Crippen LogP contribution is -2.14. The molecule has 0 heterocycles. The van der Waals surface area contributed by atoms with Gasteiger partial charge in [0.25, 0.3) is 5.91 Å². The van der Waals surface area contributed by atoms with Gasteiger partial charge in [0.15, 0.2) is 0 Å². The van der Waals surface area contributed by atoms with Crippen LogP contribution in [0.2, 0.25) is 0 Å². The van der Waals surface area contributed by atoms with Crippen LogP contribution in [0, 0.1) is 0 Å². The molecule has 0 saturated carbocycles. The number of primary amides is 1. The standard InChI is InChI=1S/C17H18N2O2/c1-2-12-3-7-14(8-4-12)17(21)19-15-9-5-13(6-10-15)11-16(18)20/h3-10H,2,11H2,1H3,(H2,18,20)(H,19,21). The van der Waals surface area contributed by atoms with E-state index in [1.54, 1.807) is 24.3 Å². The third-order valence-corrected chi connectivity index (χ3v) is 3.21. The highest BCUT2D eigenvalue weighted by molar-refractivity contribution is 6.04. The third kappa shape index (κ3) is 4.18. The average molecular weight is 282 g/mol. The first-order valence-electron chi connectivity index (χ1n) is 6.86. The largest absolute Gasteiger partial charge is 0.369 e. The molecule has 4 nitrogen and oxygen atoms in total. The van der Waals surface area contributed by atoms with Gasteiger partial charge in [-0.1, -0.05) is 31.2 Å². The fourth-order valence-electron chi connectivity index (χ4n) is 2.00. The summed E-state index contributed by atoms with van der Waals surface area (Å²) >= 11 is 0. The SMILES string of the molecule is CCc1ccc(C(=O)Nc2ccc(CC(N)=O)cc2)cc1. The zero-order valence-corrected chi connectivity index (χ0v) is 11.9. The molecule has 0 bridgehead atoms. The molecule has 0 aliphatic heterocycles. The van der Waals surface area contributed by atoms with Crippen molar-refractivity contribution in [1.82, 2.24) is 0 Å². The van der Waals surface area contributed by atoms with Gasteiger partial charge in [0, 0.05) is 11.3 Å². The number of aryl methyl sites for hydroxylation is 1. The first-order valence-corrected chi connectivity index (χ1v) is 6.86. The molecular weight excluding hydrogens is 264 g/mol. The minimum atomic E-state index is -0.372. The fourth-order valence-corrected chi connectivity index (χ4v) is 2.00. The Morgan fingerprint density at radius 1 is 0.952 bits per heavy atom. The van der Waals surface area contributed by atoms with Gasteiger partial charge in [-0.25, -0.2) is 0 Å². The van der Waals surface area contributed by atoms with Crippen molar-refractivity contribution in [2.75, 3.05) is 5.32 Å². The lowest BCUT2D eigenvalue weighted by Gasteiger charge is -2.07. The number of hydrogen-bond donors (Lipinski definition) is 2. The number of nitrogens with one attached hydrogen (secondary N) is 1. The summed E-state index contributed by atoms with van der Waals surface area (Å²) in [6.45, 7) is 2.07. The molecule has 2 rings (SSSR count). The van der Waals surface area contributed by atoms with Gasteiger partial charge in [-0.2, -0.15) is 0 Å². The van der Waals surface area contributed by atoms with E-state index >= 15 is 0 Å². The molecule has 2 amide bonds. The summed E-state index contributed by atoms with van der Waals surface area (Å²) in [5.41, 5.74) is 8.46. The van der Waals surface area contributed by atoms with Gasteiger partial charge in [0.1, 0.15) is 0 Å². The minimum Gasteiger partial charge on any atom is -0.369 e. The molecule has 0 radical (unpaired) electrons. The van der Waals surface area contributed by atoms with E-state index in [9.17, 15) is 9.59 Å². The predicted octanol–water partition coefficient (Wildman–Crippen LogP) is 2.53. The van der Waals surface area contributed by atoms with Crippen LogP contribution in [0.3, 0.4) is 0 Å². The lowest BCUT2D eigenvalue weighted by atomic mass is 10.1. The molecule has 0 unspecified atom stereocenters. The van der Waals surface area contributed by atoms with E-state index in [4.69, 9.17) is 5.73 Å². The topological polar surface area (TPSA) is 72.2 Å². The van der Waals surface area contributed by atoms with Crippen molar-refractivity contribution < 1.29 is 9.59 Å². The molecule has 2 aromatic carbocycles. The van der Waals surface area contributed by atoms with Gasteiger partial charge in [-0.3, -0.25) is 9.59 Å². The Balaban J connectivity index is 2.03. The quantitative estimate of drug-likeness (QED) is 0.884. The Morgan fingerprint density at radius 3 is 2.05 bits per heavy atom. The number of amides is 2. The molecule has 0 fully saturated rings. The second kappa shape index (κ2) is 6.70.